The molecule has 0 spiro atoms. The van der Waals surface area contributed by atoms with Crippen molar-refractivity contribution in [2.75, 3.05) is 7.05 Å². The predicted molar refractivity (Wildman–Crippen MR) is 98.9 cm³/mol. The Hall–Kier alpha value is -2.66. The van der Waals surface area contributed by atoms with Crippen LogP contribution in [0.5, 0.6) is 0 Å². The number of imide groups is 1. The minimum Gasteiger partial charge on any atom is -0.341 e. The molecule has 0 bridgehead atoms. The smallest absolute Gasteiger partial charge is 0.321 e. The van der Waals surface area contributed by atoms with Crippen molar-refractivity contribution in [2.45, 2.75) is 25.9 Å². The van der Waals surface area contributed by atoms with Crippen LogP contribution in [0.3, 0.4) is 0 Å². The summed E-state index contributed by atoms with van der Waals surface area (Å²) in [5, 5.41) is 8.21. The zero-order chi connectivity index (χ0) is 18.2. The molecule has 0 aromatic heterocycles. The van der Waals surface area contributed by atoms with Crippen molar-refractivity contribution in [2.24, 2.45) is 5.92 Å². The molecule has 2 aromatic carbocycles. The molecule has 0 aliphatic carbocycles. The second kappa shape index (κ2) is 8.99. The summed E-state index contributed by atoms with van der Waals surface area (Å²) >= 11 is 0. The van der Waals surface area contributed by atoms with Crippen molar-refractivity contribution in [1.29, 1.82) is 0 Å². The van der Waals surface area contributed by atoms with Gasteiger partial charge in [0.15, 0.2) is 0 Å². The molecular formula is C20H25N3O2. The van der Waals surface area contributed by atoms with Crippen LogP contribution in [0.15, 0.2) is 60.7 Å². The van der Waals surface area contributed by atoms with E-state index in [9.17, 15) is 9.59 Å². The third-order valence-corrected chi connectivity index (χ3v) is 4.03. The van der Waals surface area contributed by atoms with Gasteiger partial charge in [-0.15, -0.1) is 0 Å². The molecule has 0 unspecified atom stereocenters. The van der Waals surface area contributed by atoms with Crippen molar-refractivity contribution in [3.05, 3.63) is 71.8 Å². The summed E-state index contributed by atoms with van der Waals surface area (Å²) in [5.41, 5.74) is 1.91. The zero-order valence-electron chi connectivity index (χ0n) is 14.8. The molecule has 2 atom stereocenters. The average molecular weight is 339 g/mol. The molecule has 5 nitrogen and oxygen atoms in total. The molecule has 0 aliphatic rings. The number of benzene rings is 2. The van der Waals surface area contributed by atoms with Gasteiger partial charge in [0.05, 0.1) is 0 Å². The predicted octanol–water partition coefficient (Wildman–Crippen LogP) is 3.17. The molecule has 0 radical (unpaired) electrons. The second-order valence-electron chi connectivity index (χ2n) is 6.21. The first-order valence-corrected chi connectivity index (χ1v) is 8.41. The maximum Gasteiger partial charge on any atom is 0.321 e. The van der Waals surface area contributed by atoms with Gasteiger partial charge in [-0.2, -0.15) is 0 Å². The zero-order valence-corrected chi connectivity index (χ0v) is 14.8. The fourth-order valence-corrected chi connectivity index (χ4v) is 2.73. The van der Waals surface area contributed by atoms with E-state index in [-0.39, 0.29) is 17.9 Å². The van der Waals surface area contributed by atoms with Crippen LogP contribution in [0.2, 0.25) is 0 Å². The van der Waals surface area contributed by atoms with E-state index in [1.807, 2.05) is 60.7 Å². The molecule has 0 fully saturated rings. The maximum absolute atomic E-state index is 12.7. The van der Waals surface area contributed by atoms with E-state index in [0.717, 1.165) is 11.1 Å². The molecule has 0 heterocycles. The highest BCUT2D eigenvalue weighted by atomic mass is 16.2. The summed E-state index contributed by atoms with van der Waals surface area (Å²) in [5.74, 6) is -0.117. The summed E-state index contributed by atoms with van der Waals surface area (Å²) < 4.78 is 0. The molecule has 132 valence electrons. The highest BCUT2D eigenvalue weighted by Crippen LogP contribution is 2.26. The highest BCUT2D eigenvalue weighted by molar-refractivity contribution is 5.97. The van der Waals surface area contributed by atoms with E-state index < -0.39 is 12.1 Å². The number of carbonyl (C=O) groups is 2. The Kier molecular flexibility index (Phi) is 6.71. The minimum absolute atomic E-state index is 0.0261. The van der Waals surface area contributed by atoms with Gasteiger partial charge < -0.3 is 5.32 Å². The van der Waals surface area contributed by atoms with Crippen molar-refractivity contribution < 1.29 is 9.59 Å². The Morgan fingerprint density at radius 2 is 1.36 bits per heavy atom. The van der Waals surface area contributed by atoms with E-state index in [4.69, 9.17) is 0 Å². The molecule has 25 heavy (non-hydrogen) atoms. The van der Waals surface area contributed by atoms with Crippen LogP contribution < -0.4 is 16.0 Å². The fraction of sp³-hybridized carbons (Fsp3) is 0.300. The second-order valence-corrected chi connectivity index (χ2v) is 6.21. The number of amides is 3. The highest BCUT2D eigenvalue weighted by Gasteiger charge is 2.27. The molecular weight excluding hydrogens is 314 g/mol. The lowest BCUT2D eigenvalue weighted by atomic mass is 9.94. The Balaban J connectivity index is 2.31. The molecule has 3 amide bonds. The monoisotopic (exact) mass is 339 g/mol. The summed E-state index contributed by atoms with van der Waals surface area (Å²) in [6.45, 7) is 4.20. The average Bonchev–Trinajstić information content (AvgIpc) is 2.63. The van der Waals surface area contributed by atoms with Gasteiger partial charge in [-0.25, -0.2) is 4.79 Å². The lowest BCUT2D eigenvalue weighted by Crippen LogP contribution is -2.45. The van der Waals surface area contributed by atoms with Crippen LogP contribution in [0.25, 0.3) is 0 Å². The Morgan fingerprint density at radius 1 is 0.840 bits per heavy atom. The van der Waals surface area contributed by atoms with Gasteiger partial charge >= 0.3 is 6.03 Å². The van der Waals surface area contributed by atoms with Crippen molar-refractivity contribution >= 4 is 11.9 Å². The molecule has 0 saturated heterocycles. The van der Waals surface area contributed by atoms with Gasteiger partial charge in [0, 0.05) is 13.1 Å². The van der Waals surface area contributed by atoms with E-state index in [1.54, 1.807) is 0 Å². The lowest BCUT2D eigenvalue weighted by molar-refractivity contribution is -0.122. The number of urea groups is 1. The Morgan fingerprint density at radius 3 is 1.84 bits per heavy atom. The third-order valence-electron chi connectivity index (χ3n) is 4.03. The molecule has 0 aliphatic heterocycles. The largest absolute Gasteiger partial charge is 0.341 e. The van der Waals surface area contributed by atoms with Gasteiger partial charge in [0.1, 0.15) is 6.04 Å². The number of carbonyl (C=O) groups excluding carboxylic acids is 2. The van der Waals surface area contributed by atoms with Gasteiger partial charge in [-0.1, -0.05) is 74.5 Å². The number of hydrogen-bond acceptors (Lipinski definition) is 3. The van der Waals surface area contributed by atoms with Crippen LogP contribution >= 0.6 is 0 Å². The van der Waals surface area contributed by atoms with E-state index in [1.165, 1.54) is 7.05 Å². The molecule has 5 heteroatoms. The normalized spacial score (nSPS) is 13.1. The fourth-order valence-electron chi connectivity index (χ4n) is 2.73. The van der Waals surface area contributed by atoms with Gasteiger partial charge in [0.2, 0.25) is 5.91 Å². The molecule has 0 saturated carbocycles. The first kappa shape index (κ1) is 18.7. The third kappa shape index (κ3) is 5.16. The van der Waals surface area contributed by atoms with Crippen molar-refractivity contribution in [3.8, 4) is 0 Å². The first-order chi connectivity index (χ1) is 12.0. The number of nitrogens with one attached hydrogen (secondary N) is 3. The van der Waals surface area contributed by atoms with Gasteiger partial charge in [-0.3, -0.25) is 15.4 Å². The van der Waals surface area contributed by atoms with E-state index >= 15 is 0 Å². The topological polar surface area (TPSA) is 70.2 Å². The van der Waals surface area contributed by atoms with Gasteiger partial charge in [-0.05, 0) is 17.0 Å². The Bertz CT molecular complexity index is 687. The van der Waals surface area contributed by atoms with Crippen LogP contribution in [-0.4, -0.2) is 19.0 Å². The van der Waals surface area contributed by atoms with Crippen molar-refractivity contribution in [1.82, 2.24) is 16.0 Å². The SMILES string of the molecule is CNC(=O)NC(=O)[C@@H](N[C@@H](c1ccccc1)C(C)C)c1ccccc1. The number of hydrogen-bond donors (Lipinski definition) is 3. The number of rotatable bonds is 6. The van der Waals surface area contributed by atoms with Crippen LogP contribution in [-0.2, 0) is 4.79 Å². The summed E-state index contributed by atoms with van der Waals surface area (Å²) in [7, 11) is 1.48. The lowest BCUT2D eigenvalue weighted by Gasteiger charge is -2.28. The standard InChI is InChI=1S/C20H25N3O2/c1-14(2)17(15-10-6-4-7-11-15)22-18(16-12-8-5-9-13-16)19(24)23-20(25)21-3/h4-14,17-18,22H,1-3H3,(H2,21,23,24,25)/t17-,18+/m1/s1. The summed E-state index contributed by atoms with van der Waals surface area (Å²) in [4.78, 5) is 24.2. The van der Waals surface area contributed by atoms with E-state index in [0.29, 0.717) is 0 Å². The summed E-state index contributed by atoms with van der Waals surface area (Å²) in [6.07, 6.45) is 0. The van der Waals surface area contributed by atoms with Crippen molar-refractivity contribution in [3.63, 3.8) is 0 Å². The molecule has 3 N–H and O–H groups in total. The molecule has 2 aromatic rings. The quantitative estimate of drug-likeness (QED) is 0.757. The van der Waals surface area contributed by atoms with Crippen LogP contribution in [0.4, 0.5) is 4.79 Å². The minimum atomic E-state index is -0.633. The summed E-state index contributed by atoms with van der Waals surface area (Å²) in [6, 6.07) is 18.2. The Labute approximate surface area is 148 Å². The van der Waals surface area contributed by atoms with Gasteiger partial charge in [0.25, 0.3) is 0 Å². The first-order valence-electron chi connectivity index (χ1n) is 8.41. The van der Waals surface area contributed by atoms with Crippen LogP contribution in [0.1, 0.15) is 37.1 Å². The maximum atomic E-state index is 12.7. The van der Waals surface area contributed by atoms with E-state index in [2.05, 4.69) is 29.8 Å². The molecule has 2 rings (SSSR count). The van der Waals surface area contributed by atoms with Crippen LogP contribution in [0, 0.1) is 5.92 Å².